The molecule has 0 aliphatic heterocycles. The van der Waals surface area contributed by atoms with Crippen LogP contribution in [0.25, 0.3) is 0 Å². The third-order valence-corrected chi connectivity index (χ3v) is 3.57. The number of aromatic nitrogens is 2. The van der Waals surface area contributed by atoms with E-state index in [2.05, 4.69) is 41.2 Å². The maximum atomic E-state index is 4.98. The molecule has 1 aromatic rings. The van der Waals surface area contributed by atoms with Crippen molar-refractivity contribution < 1.29 is 4.74 Å². The molecule has 5 nitrogen and oxygen atoms in total. The maximum Gasteiger partial charge on any atom is 0.0628 e. The number of rotatable bonds is 11. The summed E-state index contributed by atoms with van der Waals surface area (Å²) < 4.78 is 7.07. The predicted octanol–water partition coefficient (Wildman–Crippen LogP) is 1.28. The fourth-order valence-electron chi connectivity index (χ4n) is 2.38. The molecule has 116 valence electrons. The van der Waals surface area contributed by atoms with Gasteiger partial charge in [-0.1, -0.05) is 0 Å². The zero-order valence-corrected chi connectivity index (χ0v) is 13.5. The number of nitrogens with zero attached hydrogens (tertiary/aromatic N) is 2. The van der Waals surface area contributed by atoms with Gasteiger partial charge in [-0.2, -0.15) is 5.10 Å². The van der Waals surface area contributed by atoms with Crippen molar-refractivity contribution in [3.63, 3.8) is 0 Å². The Morgan fingerprint density at radius 2 is 1.80 bits per heavy atom. The Kier molecular flexibility index (Phi) is 8.49. The molecule has 0 aliphatic carbocycles. The minimum absolute atomic E-state index is 0.785. The van der Waals surface area contributed by atoms with E-state index in [4.69, 9.17) is 4.74 Å². The van der Waals surface area contributed by atoms with Crippen LogP contribution < -0.4 is 10.6 Å². The first-order valence-electron chi connectivity index (χ1n) is 7.64. The number of nitrogens with one attached hydrogen (secondary N) is 2. The van der Waals surface area contributed by atoms with E-state index < -0.39 is 0 Å². The number of aryl methyl sites for hydroxylation is 2. The zero-order chi connectivity index (χ0) is 14.8. The van der Waals surface area contributed by atoms with E-state index in [1.54, 1.807) is 7.11 Å². The lowest BCUT2D eigenvalue weighted by molar-refractivity contribution is 0.199. The number of methoxy groups -OCH3 is 1. The van der Waals surface area contributed by atoms with E-state index in [9.17, 15) is 0 Å². The molecule has 0 aromatic carbocycles. The molecule has 5 heteroatoms. The van der Waals surface area contributed by atoms with Crippen LogP contribution in [0.15, 0.2) is 0 Å². The van der Waals surface area contributed by atoms with E-state index in [-0.39, 0.29) is 0 Å². The predicted molar refractivity (Wildman–Crippen MR) is 83.3 cm³/mol. The summed E-state index contributed by atoms with van der Waals surface area (Å²) in [6, 6.07) is 0. The van der Waals surface area contributed by atoms with Gasteiger partial charge >= 0.3 is 0 Å². The lowest BCUT2D eigenvalue weighted by atomic mass is 10.1. The molecule has 0 bridgehead atoms. The van der Waals surface area contributed by atoms with Crippen LogP contribution in [0.4, 0.5) is 0 Å². The smallest absolute Gasteiger partial charge is 0.0628 e. The lowest BCUT2D eigenvalue weighted by Gasteiger charge is -2.07. The topological polar surface area (TPSA) is 51.1 Å². The summed E-state index contributed by atoms with van der Waals surface area (Å²) in [7, 11) is 1.73. The van der Waals surface area contributed by atoms with Gasteiger partial charge in [-0.25, -0.2) is 0 Å². The molecule has 0 amide bonds. The molecule has 2 N–H and O–H groups in total. The minimum atomic E-state index is 0.785. The van der Waals surface area contributed by atoms with Crippen LogP contribution in [0.2, 0.25) is 0 Å². The van der Waals surface area contributed by atoms with Crippen LogP contribution in [-0.4, -0.2) is 49.7 Å². The molecule has 0 spiro atoms. The standard InChI is InChI=1S/C15H30N4O/c1-5-19-14(3)15(13(2)18-19)7-10-16-8-6-9-17-11-12-20-4/h16-17H,5-12H2,1-4H3. The summed E-state index contributed by atoms with van der Waals surface area (Å²) in [4.78, 5) is 0. The molecular weight excluding hydrogens is 252 g/mol. The van der Waals surface area contributed by atoms with Gasteiger partial charge in [-0.3, -0.25) is 4.68 Å². The summed E-state index contributed by atoms with van der Waals surface area (Å²) in [5.74, 6) is 0. The second-order valence-corrected chi connectivity index (χ2v) is 5.06. The normalized spacial score (nSPS) is 11.2. The van der Waals surface area contributed by atoms with Gasteiger partial charge < -0.3 is 15.4 Å². The summed E-state index contributed by atoms with van der Waals surface area (Å²) >= 11 is 0. The molecule has 0 atom stereocenters. The van der Waals surface area contributed by atoms with E-state index in [0.717, 1.165) is 52.2 Å². The van der Waals surface area contributed by atoms with Crippen molar-refractivity contribution in [2.45, 2.75) is 40.2 Å². The van der Waals surface area contributed by atoms with E-state index in [1.807, 2.05) is 0 Å². The van der Waals surface area contributed by atoms with Gasteiger partial charge in [-0.05, 0) is 58.8 Å². The van der Waals surface area contributed by atoms with Gasteiger partial charge in [-0.15, -0.1) is 0 Å². The van der Waals surface area contributed by atoms with Crippen molar-refractivity contribution in [1.82, 2.24) is 20.4 Å². The molecule has 0 fully saturated rings. The van der Waals surface area contributed by atoms with Gasteiger partial charge in [0.05, 0.1) is 12.3 Å². The molecule has 20 heavy (non-hydrogen) atoms. The highest BCUT2D eigenvalue weighted by Crippen LogP contribution is 2.13. The van der Waals surface area contributed by atoms with Crippen LogP contribution in [0.1, 0.15) is 30.3 Å². The minimum Gasteiger partial charge on any atom is -0.383 e. The number of hydrogen-bond donors (Lipinski definition) is 2. The first kappa shape index (κ1) is 17.1. The highest BCUT2D eigenvalue weighted by atomic mass is 16.5. The second-order valence-electron chi connectivity index (χ2n) is 5.06. The van der Waals surface area contributed by atoms with Crippen LogP contribution in [0.5, 0.6) is 0 Å². The Morgan fingerprint density at radius 1 is 1.10 bits per heavy atom. The molecule has 0 saturated heterocycles. The third kappa shape index (κ3) is 5.61. The highest BCUT2D eigenvalue weighted by Gasteiger charge is 2.09. The quantitative estimate of drug-likeness (QED) is 0.600. The first-order valence-corrected chi connectivity index (χ1v) is 7.64. The molecule has 1 rings (SSSR count). The van der Waals surface area contributed by atoms with Crippen molar-refractivity contribution in [2.24, 2.45) is 0 Å². The van der Waals surface area contributed by atoms with Crippen molar-refractivity contribution >= 4 is 0 Å². The average molecular weight is 282 g/mol. The number of ether oxygens (including phenoxy) is 1. The van der Waals surface area contributed by atoms with Crippen molar-refractivity contribution in [3.05, 3.63) is 17.0 Å². The van der Waals surface area contributed by atoms with Crippen molar-refractivity contribution in [1.29, 1.82) is 0 Å². The van der Waals surface area contributed by atoms with Gasteiger partial charge in [0.15, 0.2) is 0 Å². The van der Waals surface area contributed by atoms with Gasteiger partial charge in [0, 0.05) is 25.9 Å². The largest absolute Gasteiger partial charge is 0.383 e. The van der Waals surface area contributed by atoms with Crippen molar-refractivity contribution in [3.8, 4) is 0 Å². The Labute approximate surface area is 123 Å². The average Bonchev–Trinajstić information content (AvgIpc) is 2.72. The molecule has 0 aliphatic rings. The van der Waals surface area contributed by atoms with Crippen LogP contribution in [-0.2, 0) is 17.7 Å². The van der Waals surface area contributed by atoms with Crippen LogP contribution >= 0.6 is 0 Å². The summed E-state index contributed by atoms with van der Waals surface area (Å²) in [6.45, 7) is 12.2. The van der Waals surface area contributed by atoms with Crippen LogP contribution in [0.3, 0.4) is 0 Å². The summed E-state index contributed by atoms with van der Waals surface area (Å²) in [5.41, 5.74) is 3.89. The molecule has 1 heterocycles. The molecule has 1 aromatic heterocycles. The molecule has 0 unspecified atom stereocenters. The van der Waals surface area contributed by atoms with E-state index >= 15 is 0 Å². The molecule has 0 saturated carbocycles. The Hall–Kier alpha value is -0.910. The molecular formula is C15H30N4O. The van der Waals surface area contributed by atoms with Gasteiger partial charge in [0.2, 0.25) is 0 Å². The zero-order valence-electron chi connectivity index (χ0n) is 13.5. The fraction of sp³-hybridized carbons (Fsp3) is 0.800. The first-order chi connectivity index (χ1) is 9.70. The summed E-state index contributed by atoms with van der Waals surface area (Å²) in [6.07, 6.45) is 2.21. The van der Waals surface area contributed by atoms with Gasteiger partial charge in [0.1, 0.15) is 0 Å². The monoisotopic (exact) mass is 282 g/mol. The Morgan fingerprint density at radius 3 is 2.40 bits per heavy atom. The maximum absolute atomic E-state index is 4.98. The lowest BCUT2D eigenvalue weighted by Crippen LogP contribution is -2.25. The Balaban J connectivity index is 2.11. The van der Waals surface area contributed by atoms with E-state index in [1.165, 1.54) is 17.0 Å². The Bertz CT molecular complexity index is 376. The fourth-order valence-corrected chi connectivity index (χ4v) is 2.38. The van der Waals surface area contributed by atoms with E-state index in [0.29, 0.717) is 0 Å². The SMILES string of the molecule is CCn1nc(C)c(CCNCCCNCCOC)c1C. The van der Waals surface area contributed by atoms with Crippen LogP contribution in [0, 0.1) is 13.8 Å². The molecule has 0 radical (unpaired) electrons. The summed E-state index contributed by atoms with van der Waals surface area (Å²) in [5, 5.41) is 11.4. The second kappa shape index (κ2) is 9.91. The third-order valence-electron chi connectivity index (χ3n) is 3.57. The van der Waals surface area contributed by atoms with Gasteiger partial charge in [0.25, 0.3) is 0 Å². The highest BCUT2D eigenvalue weighted by molar-refractivity contribution is 5.24. The van der Waals surface area contributed by atoms with Crippen molar-refractivity contribution in [2.75, 3.05) is 39.9 Å². The number of hydrogen-bond acceptors (Lipinski definition) is 4.